The number of hydrogen-bond donors (Lipinski definition) is 4. The molecule has 0 atom stereocenters. The molecule has 1 fully saturated rings. The third kappa shape index (κ3) is 9.07. The second kappa shape index (κ2) is 13.5. The van der Waals surface area contributed by atoms with Gasteiger partial charge in [0.15, 0.2) is 5.96 Å². The fraction of sp³-hybridized carbons (Fsp3) is 0.667. The van der Waals surface area contributed by atoms with Crippen LogP contribution in [0.15, 0.2) is 29.3 Å². The van der Waals surface area contributed by atoms with Crippen LogP contribution in [0.3, 0.4) is 0 Å². The Hall–Kier alpha value is -0.910. The van der Waals surface area contributed by atoms with Crippen LogP contribution in [0, 0.1) is 5.41 Å². The molecule has 30 heavy (non-hydrogen) atoms. The van der Waals surface area contributed by atoms with Gasteiger partial charge in [-0.15, -0.1) is 24.0 Å². The predicted octanol–water partition coefficient (Wildman–Crippen LogP) is 2.74. The lowest BCUT2D eigenvalue weighted by Crippen LogP contribution is -2.44. The molecular formula is C21H37IN4O3S. The average Bonchev–Trinajstić information content (AvgIpc) is 2.71. The van der Waals surface area contributed by atoms with E-state index in [0.29, 0.717) is 6.54 Å². The largest absolute Gasteiger partial charge is 0.396 e. The van der Waals surface area contributed by atoms with E-state index in [9.17, 15) is 13.5 Å². The van der Waals surface area contributed by atoms with E-state index in [1.807, 2.05) is 31.2 Å². The number of aliphatic hydroxyl groups is 1. The van der Waals surface area contributed by atoms with E-state index in [-0.39, 0.29) is 41.8 Å². The minimum absolute atomic E-state index is 0. The molecule has 7 nitrogen and oxygen atoms in total. The van der Waals surface area contributed by atoms with Crippen molar-refractivity contribution in [3.63, 3.8) is 0 Å². The Bertz CT molecular complexity index is 760. The van der Waals surface area contributed by atoms with Crippen LogP contribution in [0.5, 0.6) is 0 Å². The van der Waals surface area contributed by atoms with Crippen LogP contribution in [0.1, 0.15) is 56.6 Å². The molecule has 0 heterocycles. The number of aliphatic imine (C=N–C) groups is 1. The number of sulfonamides is 1. The summed E-state index contributed by atoms with van der Waals surface area (Å²) >= 11 is 0. The maximum absolute atomic E-state index is 11.8. The van der Waals surface area contributed by atoms with Gasteiger partial charge in [-0.25, -0.2) is 18.1 Å². The molecule has 1 aliphatic rings. The molecule has 0 radical (unpaired) electrons. The Morgan fingerprint density at radius 2 is 1.87 bits per heavy atom. The summed E-state index contributed by atoms with van der Waals surface area (Å²) in [5.41, 5.74) is 1.85. The van der Waals surface area contributed by atoms with E-state index in [0.717, 1.165) is 49.4 Å². The molecule has 0 spiro atoms. The van der Waals surface area contributed by atoms with Crippen LogP contribution < -0.4 is 15.4 Å². The second-order valence-corrected chi connectivity index (χ2v) is 9.79. The van der Waals surface area contributed by atoms with Gasteiger partial charge >= 0.3 is 0 Å². The molecule has 1 aromatic carbocycles. The highest BCUT2D eigenvalue weighted by atomic mass is 127. The van der Waals surface area contributed by atoms with Gasteiger partial charge in [0, 0.05) is 19.7 Å². The smallest absolute Gasteiger partial charge is 0.215 e. The minimum atomic E-state index is -3.29. The maximum Gasteiger partial charge on any atom is 0.215 e. The molecule has 172 valence electrons. The topological polar surface area (TPSA) is 103 Å². The number of rotatable bonds is 10. The van der Waals surface area contributed by atoms with Gasteiger partial charge in [0.1, 0.15) is 0 Å². The zero-order chi connectivity index (χ0) is 21.2. The zero-order valence-electron chi connectivity index (χ0n) is 18.1. The van der Waals surface area contributed by atoms with Crippen molar-refractivity contribution in [2.45, 2.75) is 57.7 Å². The predicted molar refractivity (Wildman–Crippen MR) is 134 cm³/mol. The summed E-state index contributed by atoms with van der Waals surface area (Å²) in [6.45, 7) is 4.29. The highest BCUT2D eigenvalue weighted by molar-refractivity contribution is 14.0. The van der Waals surface area contributed by atoms with Crippen LogP contribution in [-0.4, -0.2) is 46.2 Å². The number of benzene rings is 1. The van der Waals surface area contributed by atoms with E-state index in [1.54, 1.807) is 0 Å². The molecule has 0 bridgehead atoms. The summed E-state index contributed by atoms with van der Waals surface area (Å²) in [5, 5.41) is 16.3. The quantitative estimate of drug-likeness (QED) is 0.203. The van der Waals surface area contributed by atoms with E-state index < -0.39 is 10.0 Å². The van der Waals surface area contributed by atoms with Crippen molar-refractivity contribution in [1.82, 2.24) is 15.4 Å². The first-order valence-corrected chi connectivity index (χ1v) is 12.2. The molecule has 0 aromatic heterocycles. The lowest BCUT2D eigenvalue weighted by molar-refractivity contribution is 0.131. The third-order valence-corrected chi connectivity index (χ3v) is 6.95. The van der Waals surface area contributed by atoms with Crippen LogP contribution in [0.2, 0.25) is 0 Å². The van der Waals surface area contributed by atoms with Crippen LogP contribution >= 0.6 is 24.0 Å². The van der Waals surface area contributed by atoms with Crippen LogP contribution in [0.25, 0.3) is 0 Å². The summed E-state index contributed by atoms with van der Waals surface area (Å²) < 4.78 is 25.9. The summed E-state index contributed by atoms with van der Waals surface area (Å²) in [7, 11) is -1.87. The van der Waals surface area contributed by atoms with Gasteiger partial charge in [-0.05, 0) is 49.8 Å². The molecule has 1 saturated carbocycles. The summed E-state index contributed by atoms with van der Waals surface area (Å²) in [6.07, 6.45) is 6.82. The number of halogens is 1. The highest BCUT2D eigenvalue weighted by Gasteiger charge is 2.31. The summed E-state index contributed by atoms with van der Waals surface area (Å²) in [5.74, 6) is 0.715. The Balaban J connectivity index is 0.00000450. The lowest BCUT2D eigenvalue weighted by Gasteiger charge is -2.37. The van der Waals surface area contributed by atoms with E-state index >= 15 is 0 Å². The first-order chi connectivity index (χ1) is 13.9. The Morgan fingerprint density at radius 1 is 1.17 bits per heavy atom. The Kier molecular flexibility index (Phi) is 12.2. The number of aliphatic hydroxyl groups excluding tert-OH is 1. The van der Waals surface area contributed by atoms with Crippen molar-refractivity contribution in [2.75, 3.05) is 26.7 Å². The van der Waals surface area contributed by atoms with Gasteiger partial charge in [0.2, 0.25) is 10.0 Å². The number of hydrogen-bond acceptors (Lipinski definition) is 4. The molecule has 0 amide bonds. The third-order valence-electron chi connectivity index (χ3n) is 5.61. The van der Waals surface area contributed by atoms with E-state index in [2.05, 4.69) is 20.3 Å². The fourth-order valence-electron chi connectivity index (χ4n) is 3.95. The van der Waals surface area contributed by atoms with Crippen molar-refractivity contribution in [3.05, 3.63) is 35.4 Å². The van der Waals surface area contributed by atoms with Crippen LogP contribution in [-0.2, 0) is 22.3 Å². The molecule has 2 rings (SSSR count). The first kappa shape index (κ1) is 27.1. The normalized spacial score (nSPS) is 16.6. The number of guanidine groups is 1. The molecule has 9 heteroatoms. The summed E-state index contributed by atoms with van der Waals surface area (Å²) in [6, 6.07) is 7.52. The maximum atomic E-state index is 11.8. The Labute approximate surface area is 198 Å². The molecule has 4 N–H and O–H groups in total. The van der Waals surface area contributed by atoms with E-state index in [4.69, 9.17) is 0 Å². The molecule has 1 aromatic rings. The lowest BCUT2D eigenvalue weighted by atomic mass is 9.72. The van der Waals surface area contributed by atoms with Gasteiger partial charge < -0.3 is 15.7 Å². The van der Waals surface area contributed by atoms with Crippen molar-refractivity contribution in [1.29, 1.82) is 0 Å². The SMILES string of the molecule is CCNC(=NCc1cccc(CS(=O)(=O)NC)c1)NCC1(CCO)CCCCC1.I. The highest BCUT2D eigenvalue weighted by Crippen LogP contribution is 2.38. The second-order valence-electron chi connectivity index (χ2n) is 7.87. The fourth-order valence-corrected chi connectivity index (χ4v) is 4.71. The van der Waals surface area contributed by atoms with Gasteiger partial charge in [-0.3, -0.25) is 0 Å². The molecule has 0 saturated heterocycles. The van der Waals surface area contributed by atoms with Crippen molar-refractivity contribution in [3.8, 4) is 0 Å². The average molecular weight is 553 g/mol. The standard InChI is InChI=1S/C21H36N4O3S.HI/c1-3-23-20(25-17-21(12-13-26)10-5-4-6-11-21)24-15-18-8-7-9-19(14-18)16-29(27,28)22-2;/h7-9,14,22,26H,3-6,10-13,15-17H2,1-2H3,(H2,23,24,25);1H. The molecule has 1 aliphatic carbocycles. The Morgan fingerprint density at radius 3 is 2.50 bits per heavy atom. The molecule has 0 aliphatic heterocycles. The monoisotopic (exact) mass is 552 g/mol. The van der Waals surface area contributed by atoms with Crippen molar-refractivity contribution in [2.24, 2.45) is 10.4 Å². The van der Waals surface area contributed by atoms with Crippen LogP contribution in [0.4, 0.5) is 0 Å². The van der Waals surface area contributed by atoms with Gasteiger partial charge in [0.05, 0.1) is 12.3 Å². The van der Waals surface area contributed by atoms with Gasteiger partial charge in [0.25, 0.3) is 0 Å². The van der Waals surface area contributed by atoms with Gasteiger partial charge in [-0.2, -0.15) is 0 Å². The molecule has 0 unspecified atom stereocenters. The van der Waals surface area contributed by atoms with Crippen molar-refractivity contribution < 1.29 is 13.5 Å². The number of nitrogens with zero attached hydrogens (tertiary/aromatic N) is 1. The molecular weight excluding hydrogens is 515 g/mol. The zero-order valence-corrected chi connectivity index (χ0v) is 21.3. The summed E-state index contributed by atoms with van der Waals surface area (Å²) in [4.78, 5) is 4.68. The minimum Gasteiger partial charge on any atom is -0.396 e. The van der Waals surface area contributed by atoms with Gasteiger partial charge in [-0.1, -0.05) is 43.5 Å². The first-order valence-electron chi connectivity index (χ1n) is 10.5. The number of nitrogens with one attached hydrogen (secondary N) is 3. The van der Waals surface area contributed by atoms with Crippen molar-refractivity contribution >= 4 is 40.0 Å². The van der Waals surface area contributed by atoms with E-state index in [1.165, 1.54) is 26.3 Å².